The fourth-order valence-corrected chi connectivity index (χ4v) is 2.15. The van der Waals surface area contributed by atoms with Gasteiger partial charge in [-0.3, -0.25) is 0 Å². The van der Waals surface area contributed by atoms with Crippen molar-refractivity contribution in [1.29, 1.82) is 0 Å². The zero-order valence-corrected chi connectivity index (χ0v) is 11.1. The third-order valence-corrected chi connectivity index (χ3v) is 2.70. The highest BCUT2D eigenvalue weighted by Gasteiger charge is 2.16. The molecule has 0 amide bonds. The Morgan fingerprint density at radius 3 is 2.50 bits per heavy atom. The van der Waals surface area contributed by atoms with Crippen molar-refractivity contribution in [2.75, 3.05) is 27.7 Å². The second-order valence-corrected chi connectivity index (χ2v) is 4.72. The van der Waals surface area contributed by atoms with Gasteiger partial charge in [0.2, 0.25) is 0 Å². The van der Waals surface area contributed by atoms with E-state index in [2.05, 4.69) is 0 Å². The normalized spacial score (nSPS) is 12.9. The number of nitrogens with zero attached hydrogens (tertiary/aromatic N) is 1. The zero-order chi connectivity index (χ0) is 12.3. The Kier molecular flexibility index (Phi) is 4.87. The molecule has 0 spiro atoms. The van der Waals surface area contributed by atoms with Gasteiger partial charge >= 0.3 is 0 Å². The smallest absolute Gasteiger partial charge is 0.142 e. The molecule has 1 rings (SSSR count). The van der Waals surface area contributed by atoms with E-state index in [-0.39, 0.29) is 6.04 Å². The van der Waals surface area contributed by atoms with Crippen molar-refractivity contribution in [3.8, 4) is 5.75 Å². The number of benzene rings is 1. The van der Waals surface area contributed by atoms with Crippen molar-refractivity contribution < 1.29 is 4.74 Å². The number of halogens is 2. The summed E-state index contributed by atoms with van der Waals surface area (Å²) in [6.07, 6.45) is 0. The minimum atomic E-state index is -0.179. The average molecular weight is 263 g/mol. The molecule has 0 saturated carbocycles. The van der Waals surface area contributed by atoms with Gasteiger partial charge in [-0.25, -0.2) is 0 Å². The topological polar surface area (TPSA) is 38.5 Å². The standard InChI is InChI=1S/C11H16Cl2N2O/c1-15(2)6-10(14)8-4-7(12)5-9(13)11(8)16-3/h4-5,10H,6,14H2,1-3H3. The summed E-state index contributed by atoms with van der Waals surface area (Å²) in [5.41, 5.74) is 6.90. The van der Waals surface area contributed by atoms with Crippen LogP contribution in [0, 0.1) is 0 Å². The largest absolute Gasteiger partial charge is 0.495 e. The summed E-state index contributed by atoms with van der Waals surface area (Å²) < 4.78 is 5.24. The highest BCUT2D eigenvalue weighted by molar-refractivity contribution is 6.35. The Labute approximate surface area is 106 Å². The van der Waals surface area contributed by atoms with Crippen molar-refractivity contribution in [2.24, 2.45) is 5.73 Å². The van der Waals surface area contributed by atoms with Crippen LogP contribution in [0.3, 0.4) is 0 Å². The summed E-state index contributed by atoms with van der Waals surface area (Å²) in [5.74, 6) is 0.598. The molecule has 90 valence electrons. The van der Waals surface area contributed by atoms with Crippen LogP contribution in [0.2, 0.25) is 10.0 Å². The van der Waals surface area contributed by atoms with Crippen molar-refractivity contribution in [3.05, 3.63) is 27.7 Å². The molecule has 3 nitrogen and oxygen atoms in total. The summed E-state index contributed by atoms with van der Waals surface area (Å²) >= 11 is 12.0. The number of hydrogen-bond acceptors (Lipinski definition) is 3. The van der Waals surface area contributed by atoms with Gasteiger partial charge in [0, 0.05) is 23.2 Å². The number of methoxy groups -OCH3 is 1. The van der Waals surface area contributed by atoms with E-state index in [1.54, 1.807) is 19.2 Å². The van der Waals surface area contributed by atoms with Gasteiger partial charge in [-0.1, -0.05) is 23.2 Å². The minimum absolute atomic E-state index is 0.179. The van der Waals surface area contributed by atoms with Crippen LogP contribution in [-0.2, 0) is 0 Å². The number of ether oxygens (including phenoxy) is 1. The predicted molar refractivity (Wildman–Crippen MR) is 68.5 cm³/mol. The fraction of sp³-hybridized carbons (Fsp3) is 0.455. The first kappa shape index (κ1) is 13.6. The molecular weight excluding hydrogens is 247 g/mol. The van der Waals surface area contributed by atoms with Crippen molar-refractivity contribution in [1.82, 2.24) is 4.90 Å². The minimum Gasteiger partial charge on any atom is -0.495 e. The predicted octanol–water partition coefficient (Wildman–Crippen LogP) is 2.56. The number of hydrogen-bond donors (Lipinski definition) is 1. The van der Waals surface area contributed by atoms with Gasteiger partial charge in [0.15, 0.2) is 0 Å². The van der Waals surface area contributed by atoms with Crippen LogP contribution in [0.5, 0.6) is 5.75 Å². The maximum Gasteiger partial charge on any atom is 0.142 e. The lowest BCUT2D eigenvalue weighted by Gasteiger charge is -2.20. The highest BCUT2D eigenvalue weighted by Crippen LogP contribution is 2.35. The van der Waals surface area contributed by atoms with Crippen LogP contribution >= 0.6 is 23.2 Å². The monoisotopic (exact) mass is 262 g/mol. The van der Waals surface area contributed by atoms with Crippen molar-refractivity contribution >= 4 is 23.2 Å². The third kappa shape index (κ3) is 3.25. The maximum absolute atomic E-state index is 6.07. The second-order valence-electron chi connectivity index (χ2n) is 3.88. The summed E-state index contributed by atoms with van der Waals surface area (Å²) in [4.78, 5) is 2.00. The molecule has 0 heterocycles. The van der Waals surface area contributed by atoms with E-state index in [0.717, 1.165) is 5.56 Å². The Bertz CT molecular complexity index is 369. The molecular formula is C11H16Cl2N2O. The van der Waals surface area contributed by atoms with Crippen LogP contribution in [0.25, 0.3) is 0 Å². The van der Waals surface area contributed by atoms with Crippen molar-refractivity contribution in [3.63, 3.8) is 0 Å². The SMILES string of the molecule is COc1c(Cl)cc(Cl)cc1C(N)CN(C)C. The van der Waals surface area contributed by atoms with Gasteiger partial charge in [0.25, 0.3) is 0 Å². The molecule has 1 unspecified atom stereocenters. The Morgan fingerprint density at radius 1 is 1.38 bits per heavy atom. The van der Waals surface area contributed by atoms with Crippen LogP contribution in [0.1, 0.15) is 11.6 Å². The molecule has 0 aliphatic heterocycles. The summed E-state index contributed by atoms with van der Waals surface area (Å²) in [6, 6.07) is 3.26. The van der Waals surface area contributed by atoms with Gasteiger partial charge in [0.05, 0.1) is 12.1 Å². The second kappa shape index (κ2) is 5.73. The molecule has 1 atom stereocenters. The van der Waals surface area contributed by atoms with Crippen LogP contribution in [0.4, 0.5) is 0 Å². The van der Waals surface area contributed by atoms with Gasteiger partial charge in [-0.15, -0.1) is 0 Å². The van der Waals surface area contributed by atoms with Crippen LogP contribution in [-0.4, -0.2) is 32.6 Å². The molecule has 0 saturated heterocycles. The average Bonchev–Trinajstić information content (AvgIpc) is 2.15. The quantitative estimate of drug-likeness (QED) is 0.907. The van der Waals surface area contributed by atoms with E-state index < -0.39 is 0 Å². The first-order chi connectivity index (χ1) is 7.45. The lowest BCUT2D eigenvalue weighted by atomic mass is 10.1. The molecule has 2 N–H and O–H groups in total. The van der Waals surface area contributed by atoms with E-state index in [1.807, 2.05) is 19.0 Å². The van der Waals surface area contributed by atoms with Crippen molar-refractivity contribution in [2.45, 2.75) is 6.04 Å². The summed E-state index contributed by atoms with van der Waals surface area (Å²) in [7, 11) is 5.48. The summed E-state index contributed by atoms with van der Waals surface area (Å²) in [5, 5.41) is 1.05. The fourth-order valence-electron chi connectivity index (χ4n) is 1.56. The number of likely N-dealkylation sites (N-methyl/N-ethyl adjacent to an activating group) is 1. The highest BCUT2D eigenvalue weighted by atomic mass is 35.5. The molecule has 0 aromatic heterocycles. The Morgan fingerprint density at radius 2 is 2.00 bits per heavy atom. The first-order valence-electron chi connectivity index (χ1n) is 4.89. The van der Waals surface area contributed by atoms with E-state index in [0.29, 0.717) is 22.3 Å². The number of rotatable bonds is 4. The molecule has 0 bridgehead atoms. The lowest BCUT2D eigenvalue weighted by molar-refractivity contribution is 0.362. The molecule has 0 aliphatic carbocycles. The van der Waals surface area contributed by atoms with Gasteiger partial charge < -0.3 is 15.4 Å². The van der Waals surface area contributed by atoms with E-state index >= 15 is 0 Å². The Hall–Kier alpha value is -0.480. The van der Waals surface area contributed by atoms with Crippen LogP contribution < -0.4 is 10.5 Å². The Balaban J connectivity index is 3.10. The van der Waals surface area contributed by atoms with Gasteiger partial charge in [-0.2, -0.15) is 0 Å². The molecule has 16 heavy (non-hydrogen) atoms. The molecule has 5 heteroatoms. The summed E-state index contributed by atoms with van der Waals surface area (Å²) in [6.45, 7) is 0.701. The molecule has 0 radical (unpaired) electrons. The van der Waals surface area contributed by atoms with Gasteiger partial charge in [-0.05, 0) is 26.2 Å². The zero-order valence-electron chi connectivity index (χ0n) is 9.63. The number of nitrogens with two attached hydrogens (primary N) is 1. The third-order valence-electron chi connectivity index (χ3n) is 2.20. The van der Waals surface area contributed by atoms with E-state index in [9.17, 15) is 0 Å². The molecule has 1 aromatic rings. The lowest BCUT2D eigenvalue weighted by Crippen LogP contribution is -2.26. The molecule has 0 fully saturated rings. The van der Waals surface area contributed by atoms with E-state index in [4.69, 9.17) is 33.7 Å². The molecule has 1 aromatic carbocycles. The van der Waals surface area contributed by atoms with Crippen LogP contribution in [0.15, 0.2) is 12.1 Å². The molecule has 0 aliphatic rings. The van der Waals surface area contributed by atoms with E-state index in [1.165, 1.54) is 0 Å². The van der Waals surface area contributed by atoms with Gasteiger partial charge in [0.1, 0.15) is 5.75 Å². The first-order valence-corrected chi connectivity index (χ1v) is 5.64. The maximum atomic E-state index is 6.07.